The summed E-state index contributed by atoms with van der Waals surface area (Å²) >= 11 is 0. The molecule has 1 aromatic heterocycles. The van der Waals surface area contributed by atoms with E-state index in [2.05, 4.69) is 166 Å². The van der Waals surface area contributed by atoms with Crippen LogP contribution in [-0.2, 0) is 15.7 Å². The van der Waals surface area contributed by atoms with Crippen LogP contribution < -0.4 is 10.4 Å². The number of anilines is 3. The van der Waals surface area contributed by atoms with Gasteiger partial charge in [-0.05, 0) is 119 Å². The fourth-order valence-electron chi connectivity index (χ4n) is 6.86. The number of para-hydroxylation sites is 1. The molecule has 0 atom stereocenters. The first-order chi connectivity index (χ1) is 23.1. The summed E-state index contributed by atoms with van der Waals surface area (Å²) < 4.78 is 15.4. The summed E-state index contributed by atoms with van der Waals surface area (Å²) in [6, 6.07) is 42.1. The van der Waals surface area contributed by atoms with Gasteiger partial charge in [0, 0.05) is 33.5 Å². The molecule has 1 fully saturated rings. The predicted molar refractivity (Wildman–Crippen MR) is 204 cm³/mol. The van der Waals surface area contributed by atoms with Crippen molar-refractivity contribution in [3.05, 3.63) is 126 Å². The Morgan fingerprint density at radius 2 is 1.23 bits per heavy atom. The number of fused-ring (bicyclic) bond motifs is 3. The van der Waals surface area contributed by atoms with E-state index in [4.69, 9.17) is 9.31 Å². The molecule has 1 aliphatic heterocycles. The first-order valence-corrected chi connectivity index (χ1v) is 17.6. The van der Waals surface area contributed by atoms with Gasteiger partial charge >= 0.3 is 7.12 Å². The molecule has 0 spiro atoms. The highest BCUT2D eigenvalue weighted by atomic mass is 16.7. The molecule has 48 heavy (non-hydrogen) atoms. The quantitative estimate of drug-likeness (QED) is 0.111. The van der Waals surface area contributed by atoms with Crippen molar-refractivity contribution in [1.82, 2.24) is 4.57 Å². The topological polar surface area (TPSA) is 26.6 Å². The molecule has 4 nitrogen and oxygen atoms in total. The van der Waals surface area contributed by atoms with Crippen LogP contribution in [0.15, 0.2) is 115 Å². The van der Waals surface area contributed by atoms with E-state index in [9.17, 15) is 0 Å². The van der Waals surface area contributed by atoms with Crippen molar-refractivity contribution < 1.29 is 9.31 Å². The molecule has 2 heterocycles. The lowest BCUT2D eigenvalue weighted by Gasteiger charge is -2.32. The molecule has 0 aliphatic carbocycles. The molecular weight excluding hydrogens is 587 g/mol. The van der Waals surface area contributed by atoms with Gasteiger partial charge in [0.25, 0.3) is 0 Å². The fourth-order valence-corrected chi connectivity index (χ4v) is 6.86. The SMILES string of the molecule is CCCCCCc1ccc(-n2c3ccc(B4OC(C)(C)C(C)(C)O4)cc3c3cc(N(c4ccccc4)c4ccc(C)cc4)ccc32)cc1. The summed E-state index contributed by atoms with van der Waals surface area (Å²) in [5, 5.41) is 2.37. The normalized spacial score (nSPS) is 15.4. The van der Waals surface area contributed by atoms with E-state index in [1.807, 2.05) is 0 Å². The van der Waals surface area contributed by atoms with Gasteiger partial charge in [-0.1, -0.05) is 86.3 Å². The van der Waals surface area contributed by atoms with Crippen LogP contribution >= 0.6 is 0 Å². The van der Waals surface area contributed by atoms with Gasteiger partial charge in [-0.25, -0.2) is 0 Å². The molecule has 0 unspecified atom stereocenters. The van der Waals surface area contributed by atoms with Crippen LogP contribution in [0, 0.1) is 6.92 Å². The van der Waals surface area contributed by atoms with E-state index in [1.54, 1.807) is 0 Å². The van der Waals surface area contributed by atoms with Gasteiger partial charge in [0.05, 0.1) is 22.2 Å². The van der Waals surface area contributed by atoms with E-state index in [-0.39, 0.29) is 0 Å². The maximum atomic E-state index is 6.51. The van der Waals surface area contributed by atoms with Crippen LogP contribution in [0.4, 0.5) is 17.1 Å². The highest BCUT2D eigenvalue weighted by Gasteiger charge is 2.51. The van der Waals surface area contributed by atoms with E-state index < -0.39 is 18.3 Å². The van der Waals surface area contributed by atoms with Crippen LogP contribution in [0.5, 0.6) is 0 Å². The minimum absolute atomic E-state index is 0.406. The number of unbranched alkanes of at least 4 members (excludes halogenated alkanes) is 3. The maximum absolute atomic E-state index is 6.51. The van der Waals surface area contributed by atoms with E-state index in [0.717, 1.165) is 28.9 Å². The number of aryl methyl sites for hydroxylation is 2. The summed E-state index contributed by atoms with van der Waals surface area (Å²) in [6.45, 7) is 12.8. The summed E-state index contributed by atoms with van der Waals surface area (Å²) in [5.41, 5.74) is 9.73. The molecule has 5 heteroatoms. The second-order valence-corrected chi connectivity index (χ2v) is 14.4. The Morgan fingerprint density at radius 3 is 1.90 bits per heavy atom. The number of benzene rings is 5. The zero-order valence-corrected chi connectivity index (χ0v) is 29.3. The highest BCUT2D eigenvalue weighted by molar-refractivity contribution is 6.62. The van der Waals surface area contributed by atoms with E-state index in [1.165, 1.54) is 64.3 Å². The standard InChI is InChI=1S/C43H47BN2O2/c1-7-8-9-11-14-32-19-24-36(25-20-32)46-40-27-21-33(44-47-42(3,4)43(5,6)48-44)29-38(40)39-30-37(26-28-41(39)46)45(34-15-12-10-13-16-34)35-22-17-31(2)18-23-35/h10,12-13,15-30H,7-9,11,14H2,1-6H3. The van der Waals surface area contributed by atoms with Gasteiger partial charge in [0.15, 0.2) is 0 Å². The summed E-state index contributed by atoms with van der Waals surface area (Å²) in [5.74, 6) is 0. The number of aromatic nitrogens is 1. The fraction of sp³-hybridized carbons (Fsp3) is 0.302. The Balaban J connectivity index is 1.38. The lowest BCUT2D eigenvalue weighted by Crippen LogP contribution is -2.41. The van der Waals surface area contributed by atoms with Crippen LogP contribution in [0.2, 0.25) is 0 Å². The summed E-state index contributed by atoms with van der Waals surface area (Å²) in [7, 11) is -0.429. The van der Waals surface area contributed by atoms with Crippen LogP contribution in [0.1, 0.15) is 71.4 Å². The van der Waals surface area contributed by atoms with Gasteiger partial charge in [-0.3, -0.25) is 0 Å². The lowest BCUT2D eigenvalue weighted by molar-refractivity contribution is 0.00578. The lowest BCUT2D eigenvalue weighted by atomic mass is 9.78. The number of hydrogen-bond donors (Lipinski definition) is 0. The van der Waals surface area contributed by atoms with Gasteiger partial charge in [-0.15, -0.1) is 0 Å². The zero-order chi connectivity index (χ0) is 33.5. The third-order valence-corrected chi connectivity index (χ3v) is 10.4. The second kappa shape index (κ2) is 12.9. The monoisotopic (exact) mass is 634 g/mol. The molecule has 1 saturated heterocycles. The Kier molecular flexibility index (Phi) is 8.70. The molecule has 7 rings (SSSR count). The third kappa shape index (κ3) is 6.06. The van der Waals surface area contributed by atoms with Crippen LogP contribution in [0.3, 0.4) is 0 Å². The van der Waals surface area contributed by atoms with E-state index in [0.29, 0.717) is 0 Å². The van der Waals surface area contributed by atoms with Crippen molar-refractivity contribution in [2.45, 2.75) is 84.8 Å². The minimum Gasteiger partial charge on any atom is -0.399 e. The average Bonchev–Trinajstić information content (AvgIpc) is 3.52. The molecule has 6 aromatic rings. The molecule has 0 amide bonds. The van der Waals surface area contributed by atoms with Crippen molar-refractivity contribution in [2.75, 3.05) is 4.90 Å². The second-order valence-electron chi connectivity index (χ2n) is 14.4. The largest absolute Gasteiger partial charge is 0.494 e. The average molecular weight is 635 g/mol. The first kappa shape index (κ1) is 32.2. The minimum atomic E-state index is -0.429. The van der Waals surface area contributed by atoms with Gasteiger partial charge in [0.1, 0.15) is 0 Å². The van der Waals surface area contributed by atoms with Gasteiger partial charge in [0.2, 0.25) is 0 Å². The number of rotatable bonds is 10. The molecule has 0 radical (unpaired) electrons. The molecular formula is C43H47BN2O2. The summed E-state index contributed by atoms with van der Waals surface area (Å²) in [6.07, 6.45) is 6.23. The van der Waals surface area contributed by atoms with Gasteiger partial charge < -0.3 is 18.8 Å². The highest BCUT2D eigenvalue weighted by Crippen LogP contribution is 2.41. The first-order valence-electron chi connectivity index (χ1n) is 17.6. The predicted octanol–water partition coefficient (Wildman–Crippen LogP) is 11.0. The van der Waals surface area contributed by atoms with E-state index >= 15 is 0 Å². The van der Waals surface area contributed by atoms with Gasteiger partial charge in [-0.2, -0.15) is 0 Å². The Labute approximate surface area is 286 Å². The van der Waals surface area contributed by atoms with Crippen molar-refractivity contribution >= 4 is 51.4 Å². The van der Waals surface area contributed by atoms with Crippen molar-refractivity contribution in [2.24, 2.45) is 0 Å². The number of nitrogens with zero attached hydrogens (tertiary/aromatic N) is 2. The Hall–Kier alpha value is -4.32. The number of hydrogen-bond acceptors (Lipinski definition) is 3. The Bertz CT molecular complexity index is 2010. The molecule has 244 valence electrons. The Morgan fingerprint density at radius 1 is 0.625 bits per heavy atom. The smallest absolute Gasteiger partial charge is 0.399 e. The van der Waals surface area contributed by atoms with Crippen molar-refractivity contribution in [1.29, 1.82) is 0 Å². The zero-order valence-electron chi connectivity index (χ0n) is 29.3. The maximum Gasteiger partial charge on any atom is 0.494 e. The molecule has 5 aromatic carbocycles. The van der Waals surface area contributed by atoms with Crippen LogP contribution in [0.25, 0.3) is 27.5 Å². The molecule has 0 bridgehead atoms. The molecule has 1 aliphatic rings. The summed E-state index contributed by atoms with van der Waals surface area (Å²) in [4.78, 5) is 2.34. The van der Waals surface area contributed by atoms with Crippen LogP contribution in [-0.4, -0.2) is 22.9 Å². The third-order valence-electron chi connectivity index (χ3n) is 10.4. The molecule has 0 N–H and O–H groups in total. The van der Waals surface area contributed by atoms with Crippen molar-refractivity contribution in [3.8, 4) is 5.69 Å². The molecule has 0 saturated carbocycles. The van der Waals surface area contributed by atoms with Crippen molar-refractivity contribution in [3.63, 3.8) is 0 Å².